The number of hydrogen-bond donors (Lipinski definition) is 2. The van der Waals surface area contributed by atoms with Crippen LogP contribution in [0.3, 0.4) is 0 Å². The average Bonchev–Trinajstić information content (AvgIpc) is 2.90. The van der Waals surface area contributed by atoms with Gasteiger partial charge >= 0.3 is 0 Å². The van der Waals surface area contributed by atoms with Crippen molar-refractivity contribution in [2.45, 2.75) is 52.5 Å². The van der Waals surface area contributed by atoms with E-state index in [0.717, 1.165) is 35.4 Å². The highest BCUT2D eigenvalue weighted by molar-refractivity contribution is 5.79. The molecule has 0 spiro atoms. The summed E-state index contributed by atoms with van der Waals surface area (Å²) in [6.45, 7) is 6.10. The van der Waals surface area contributed by atoms with Gasteiger partial charge in [-0.3, -0.25) is 9.48 Å². The Labute approximate surface area is 150 Å². The molecule has 2 aromatic rings. The molecule has 2 N–H and O–H groups in total. The van der Waals surface area contributed by atoms with Gasteiger partial charge in [0.05, 0.1) is 24.8 Å². The minimum Gasteiger partial charge on any atom is -0.394 e. The molecule has 0 unspecified atom stereocenters. The molecule has 1 heterocycles. The molecule has 5 heteroatoms. The summed E-state index contributed by atoms with van der Waals surface area (Å²) in [5, 5.41) is 17.2. The van der Waals surface area contributed by atoms with Crippen molar-refractivity contribution >= 4 is 5.91 Å². The Hall–Kier alpha value is -2.14. The summed E-state index contributed by atoms with van der Waals surface area (Å²) in [6, 6.07) is 7.78. The molecule has 0 aliphatic carbocycles. The Bertz CT molecular complexity index is 722. The third-order valence-corrected chi connectivity index (χ3v) is 4.68. The van der Waals surface area contributed by atoms with Crippen LogP contribution in [0.5, 0.6) is 0 Å². The van der Waals surface area contributed by atoms with E-state index in [1.54, 1.807) is 0 Å². The van der Waals surface area contributed by atoms with Crippen LogP contribution in [0.15, 0.2) is 24.3 Å². The summed E-state index contributed by atoms with van der Waals surface area (Å²) in [5.74, 6) is -0.0648. The molecule has 0 saturated carbocycles. The predicted octanol–water partition coefficient (Wildman–Crippen LogP) is 2.12. The number of benzene rings is 1. The molecule has 1 atom stereocenters. The first-order valence-electron chi connectivity index (χ1n) is 8.98. The highest BCUT2D eigenvalue weighted by Gasteiger charge is 2.19. The number of carbonyl (C=O) groups excluding carboxylic acids is 1. The second-order valence-corrected chi connectivity index (χ2v) is 6.46. The van der Waals surface area contributed by atoms with Crippen molar-refractivity contribution in [2.24, 2.45) is 7.05 Å². The number of carbonyl (C=O) groups is 1. The van der Waals surface area contributed by atoms with Crippen LogP contribution in [0, 0.1) is 6.92 Å². The molecule has 0 aliphatic heterocycles. The Morgan fingerprint density at radius 1 is 1.28 bits per heavy atom. The number of aliphatic hydroxyl groups excluding tert-OH is 1. The quantitative estimate of drug-likeness (QED) is 0.771. The van der Waals surface area contributed by atoms with Gasteiger partial charge in [-0.15, -0.1) is 0 Å². The number of aliphatic hydroxyl groups is 1. The first kappa shape index (κ1) is 19.2. The highest BCUT2D eigenvalue weighted by Crippen LogP contribution is 2.16. The van der Waals surface area contributed by atoms with Crippen LogP contribution in [0.25, 0.3) is 0 Å². The van der Waals surface area contributed by atoms with E-state index in [9.17, 15) is 9.90 Å². The van der Waals surface area contributed by atoms with E-state index in [1.165, 1.54) is 5.56 Å². The van der Waals surface area contributed by atoms with Gasteiger partial charge < -0.3 is 10.4 Å². The van der Waals surface area contributed by atoms with Crippen LogP contribution in [-0.2, 0) is 37.5 Å². The monoisotopic (exact) mass is 343 g/mol. The molecule has 0 fully saturated rings. The van der Waals surface area contributed by atoms with Crippen LogP contribution in [0.1, 0.15) is 41.9 Å². The number of amides is 1. The summed E-state index contributed by atoms with van der Waals surface area (Å²) in [6.07, 6.45) is 2.59. The van der Waals surface area contributed by atoms with Crippen molar-refractivity contribution in [3.05, 3.63) is 52.3 Å². The van der Waals surface area contributed by atoms with Crippen LogP contribution >= 0.6 is 0 Å². The first-order chi connectivity index (χ1) is 12.0. The van der Waals surface area contributed by atoms with Gasteiger partial charge in [0.25, 0.3) is 0 Å². The molecular weight excluding hydrogens is 314 g/mol. The fraction of sp³-hybridized carbons (Fsp3) is 0.500. The molecule has 0 radical (unpaired) electrons. The molecule has 5 nitrogen and oxygen atoms in total. The van der Waals surface area contributed by atoms with Crippen molar-refractivity contribution in [1.82, 2.24) is 15.1 Å². The summed E-state index contributed by atoms with van der Waals surface area (Å²) in [4.78, 5) is 12.5. The number of nitrogens with zero attached hydrogens (tertiary/aromatic N) is 2. The number of rotatable bonds is 8. The SMILES string of the molecule is CCc1nn(C)c(CC)c1CC(=O)N[C@@H](CO)Cc1ccccc1C. The Morgan fingerprint density at radius 2 is 2.00 bits per heavy atom. The molecule has 0 bridgehead atoms. The lowest BCUT2D eigenvalue weighted by molar-refractivity contribution is -0.121. The van der Waals surface area contributed by atoms with Gasteiger partial charge in [0.2, 0.25) is 5.91 Å². The van der Waals surface area contributed by atoms with E-state index in [1.807, 2.05) is 42.9 Å². The minimum atomic E-state index is -0.277. The molecule has 0 aliphatic rings. The van der Waals surface area contributed by atoms with Gasteiger partial charge in [0.15, 0.2) is 0 Å². The van der Waals surface area contributed by atoms with E-state index in [0.29, 0.717) is 12.8 Å². The van der Waals surface area contributed by atoms with Crippen molar-refractivity contribution in [1.29, 1.82) is 0 Å². The average molecular weight is 343 g/mol. The summed E-state index contributed by atoms with van der Waals surface area (Å²) >= 11 is 0. The van der Waals surface area contributed by atoms with Crippen LogP contribution in [0.4, 0.5) is 0 Å². The van der Waals surface area contributed by atoms with Crippen LogP contribution in [0.2, 0.25) is 0 Å². The van der Waals surface area contributed by atoms with Gasteiger partial charge in [-0.05, 0) is 37.3 Å². The second kappa shape index (κ2) is 8.81. The molecule has 0 saturated heterocycles. The number of aryl methyl sites for hydroxylation is 3. The fourth-order valence-electron chi connectivity index (χ4n) is 3.30. The van der Waals surface area contributed by atoms with Gasteiger partial charge in [0.1, 0.15) is 0 Å². The standard InChI is InChI=1S/C20H29N3O2/c1-5-18-17(19(6-2)23(4)22-18)12-20(25)21-16(13-24)11-15-10-8-7-9-14(15)3/h7-10,16,24H,5-6,11-13H2,1-4H3,(H,21,25)/t16-/m1/s1. The van der Waals surface area contributed by atoms with Crippen molar-refractivity contribution in [3.8, 4) is 0 Å². The van der Waals surface area contributed by atoms with Gasteiger partial charge in [-0.25, -0.2) is 0 Å². The van der Waals surface area contributed by atoms with Gasteiger partial charge in [0, 0.05) is 18.3 Å². The molecule has 2 rings (SSSR count). The maximum absolute atomic E-state index is 12.5. The fourth-order valence-corrected chi connectivity index (χ4v) is 3.30. The zero-order chi connectivity index (χ0) is 18.4. The lowest BCUT2D eigenvalue weighted by Crippen LogP contribution is -2.40. The molecular formula is C20H29N3O2. The third-order valence-electron chi connectivity index (χ3n) is 4.68. The Morgan fingerprint density at radius 3 is 2.60 bits per heavy atom. The normalized spacial score (nSPS) is 12.2. The zero-order valence-corrected chi connectivity index (χ0v) is 15.7. The Balaban J connectivity index is 2.07. The van der Waals surface area contributed by atoms with Crippen LogP contribution < -0.4 is 5.32 Å². The minimum absolute atomic E-state index is 0.0648. The summed E-state index contributed by atoms with van der Waals surface area (Å²) in [5.41, 5.74) is 5.42. The third kappa shape index (κ3) is 4.69. The highest BCUT2D eigenvalue weighted by atomic mass is 16.3. The largest absolute Gasteiger partial charge is 0.394 e. The second-order valence-electron chi connectivity index (χ2n) is 6.46. The van der Waals surface area contributed by atoms with Crippen molar-refractivity contribution < 1.29 is 9.90 Å². The number of nitrogens with one attached hydrogen (secondary N) is 1. The van der Waals surface area contributed by atoms with Gasteiger partial charge in [-0.1, -0.05) is 38.1 Å². The van der Waals surface area contributed by atoms with Crippen LogP contribution in [-0.4, -0.2) is 33.4 Å². The lowest BCUT2D eigenvalue weighted by atomic mass is 10.0. The smallest absolute Gasteiger partial charge is 0.224 e. The van der Waals surface area contributed by atoms with E-state index in [-0.39, 0.29) is 18.6 Å². The van der Waals surface area contributed by atoms with Crippen molar-refractivity contribution in [2.75, 3.05) is 6.61 Å². The lowest BCUT2D eigenvalue weighted by Gasteiger charge is -2.18. The molecule has 25 heavy (non-hydrogen) atoms. The van der Waals surface area contributed by atoms with Gasteiger partial charge in [-0.2, -0.15) is 5.10 Å². The molecule has 1 aromatic carbocycles. The Kier molecular flexibility index (Phi) is 6.76. The maximum atomic E-state index is 12.5. The zero-order valence-electron chi connectivity index (χ0n) is 15.7. The van der Waals surface area contributed by atoms with E-state index in [4.69, 9.17) is 0 Å². The molecule has 1 amide bonds. The summed E-state index contributed by atoms with van der Waals surface area (Å²) in [7, 11) is 1.92. The summed E-state index contributed by atoms with van der Waals surface area (Å²) < 4.78 is 1.87. The number of hydrogen-bond acceptors (Lipinski definition) is 3. The van der Waals surface area contributed by atoms with Crippen molar-refractivity contribution in [3.63, 3.8) is 0 Å². The topological polar surface area (TPSA) is 67.2 Å². The first-order valence-corrected chi connectivity index (χ1v) is 8.98. The van der Waals surface area contributed by atoms with E-state index in [2.05, 4.69) is 24.3 Å². The molecule has 1 aromatic heterocycles. The van der Waals surface area contributed by atoms with E-state index < -0.39 is 0 Å². The molecule has 136 valence electrons. The number of aromatic nitrogens is 2. The van der Waals surface area contributed by atoms with E-state index >= 15 is 0 Å². The predicted molar refractivity (Wildman–Crippen MR) is 99.6 cm³/mol. The maximum Gasteiger partial charge on any atom is 0.224 e.